The summed E-state index contributed by atoms with van der Waals surface area (Å²) in [5, 5.41) is 9.70. The first kappa shape index (κ1) is 37.4. The first-order valence-corrected chi connectivity index (χ1v) is 13.2. The van der Waals surface area contributed by atoms with E-state index in [1.807, 2.05) is 0 Å². The lowest BCUT2D eigenvalue weighted by molar-refractivity contribution is -0.156. The topological polar surface area (TPSA) is 136 Å². The number of aliphatic hydroxyl groups is 1. The molecule has 0 bridgehead atoms. The number of carbonyl (C=O) groups excluding carboxylic acids is 3. The maximum absolute atomic E-state index is 11.8. The Bertz CT molecular complexity index is 751. The molecule has 0 radical (unpaired) electrons. The zero-order chi connectivity index (χ0) is 30.9. The Labute approximate surface area is 238 Å². The summed E-state index contributed by atoms with van der Waals surface area (Å²) in [7, 11) is 0. The molecule has 40 heavy (non-hydrogen) atoms. The summed E-state index contributed by atoms with van der Waals surface area (Å²) in [6.45, 7) is 22.6. The van der Waals surface area contributed by atoms with Gasteiger partial charge in [-0.15, -0.1) is 0 Å². The zero-order valence-electron chi connectivity index (χ0n) is 25.1. The molecule has 0 aromatic heterocycles. The van der Waals surface area contributed by atoms with Gasteiger partial charge in [0.15, 0.2) is 0 Å². The molecule has 0 heterocycles. The minimum absolute atomic E-state index is 0.0631. The van der Waals surface area contributed by atoms with Gasteiger partial charge in [-0.05, 0) is 48.5 Å². The number of aliphatic hydroxyl groups excluding tert-OH is 1. The lowest BCUT2D eigenvalue weighted by Gasteiger charge is -2.34. The SMILES string of the molecule is C=C(C)C(=O)OC(C)COCC(COCC(C)O)(COCC(C)OC(=O)C(=C)C)COCC(C)OC(=O)C(=C)C. The third kappa shape index (κ3) is 17.2. The summed E-state index contributed by atoms with van der Waals surface area (Å²) < 4.78 is 39.3. The van der Waals surface area contributed by atoms with Crippen LogP contribution in [0.25, 0.3) is 0 Å². The van der Waals surface area contributed by atoms with Crippen LogP contribution in [0.5, 0.6) is 0 Å². The minimum Gasteiger partial charge on any atom is -0.457 e. The van der Waals surface area contributed by atoms with Gasteiger partial charge >= 0.3 is 17.9 Å². The van der Waals surface area contributed by atoms with Crippen LogP contribution < -0.4 is 0 Å². The maximum atomic E-state index is 11.8. The van der Waals surface area contributed by atoms with Crippen molar-refractivity contribution in [2.75, 3.05) is 52.9 Å². The van der Waals surface area contributed by atoms with E-state index >= 15 is 0 Å². The molecule has 1 N–H and O–H groups in total. The third-order valence-electron chi connectivity index (χ3n) is 5.02. The van der Waals surface area contributed by atoms with Gasteiger partial charge in [-0.3, -0.25) is 0 Å². The second-order valence-corrected chi connectivity index (χ2v) is 10.4. The van der Waals surface area contributed by atoms with Gasteiger partial charge in [-0.25, -0.2) is 14.4 Å². The maximum Gasteiger partial charge on any atom is 0.333 e. The van der Waals surface area contributed by atoms with E-state index < -0.39 is 47.7 Å². The van der Waals surface area contributed by atoms with Gasteiger partial charge in [0.1, 0.15) is 18.3 Å². The number of hydrogen-bond donors (Lipinski definition) is 1. The standard InChI is InChI=1S/C29H48O11/c1-19(2)26(31)38-23(8)12-35-16-29(15-34-11-22(7)30,17-36-13-24(9)39-27(32)20(3)4)18-37-14-25(10)40-28(33)21(5)6/h22-25,30H,1,3,5,11-18H2,2,4,6-10H3. The molecule has 0 aromatic rings. The lowest BCUT2D eigenvalue weighted by Crippen LogP contribution is -2.44. The van der Waals surface area contributed by atoms with E-state index in [1.54, 1.807) is 48.5 Å². The van der Waals surface area contributed by atoms with Crippen LogP contribution in [-0.4, -0.2) is 100 Å². The highest BCUT2D eigenvalue weighted by molar-refractivity contribution is 5.87. The van der Waals surface area contributed by atoms with Crippen LogP contribution in [0.1, 0.15) is 48.5 Å². The van der Waals surface area contributed by atoms with E-state index in [0.717, 1.165) is 0 Å². The number of rotatable bonds is 22. The quantitative estimate of drug-likeness (QED) is 0.116. The molecule has 0 spiro atoms. The molecule has 0 aliphatic rings. The van der Waals surface area contributed by atoms with Crippen LogP contribution in [0.3, 0.4) is 0 Å². The van der Waals surface area contributed by atoms with E-state index in [0.29, 0.717) is 0 Å². The number of carbonyl (C=O) groups is 3. The molecule has 0 amide bonds. The highest BCUT2D eigenvalue weighted by Crippen LogP contribution is 2.22. The van der Waals surface area contributed by atoms with E-state index in [9.17, 15) is 19.5 Å². The average Bonchev–Trinajstić information content (AvgIpc) is 2.83. The van der Waals surface area contributed by atoms with E-state index in [2.05, 4.69) is 19.7 Å². The van der Waals surface area contributed by atoms with Gasteiger partial charge in [-0.1, -0.05) is 19.7 Å². The molecule has 0 aliphatic carbocycles. The Morgan fingerprint density at radius 2 is 0.825 bits per heavy atom. The van der Waals surface area contributed by atoms with Crippen LogP contribution in [0.4, 0.5) is 0 Å². The van der Waals surface area contributed by atoms with Crippen molar-refractivity contribution in [3.8, 4) is 0 Å². The van der Waals surface area contributed by atoms with Crippen molar-refractivity contribution >= 4 is 17.9 Å². The average molecular weight is 573 g/mol. The molecule has 4 atom stereocenters. The van der Waals surface area contributed by atoms with Gasteiger partial charge in [0.2, 0.25) is 0 Å². The number of ether oxygens (including phenoxy) is 7. The summed E-state index contributed by atoms with van der Waals surface area (Å²) in [6, 6.07) is 0. The third-order valence-corrected chi connectivity index (χ3v) is 5.02. The van der Waals surface area contributed by atoms with Crippen molar-refractivity contribution in [3.63, 3.8) is 0 Å². The smallest absolute Gasteiger partial charge is 0.333 e. The van der Waals surface area contributed by atoms with Crippen molar-refractivity contribution in [3.05, 3.63) is 36.5 Å². The fraction of sp³-hybridized carbons (Fsp3) is 0.690. The fourth-order valence-corrected chi connectivity index (χ4v) is 2.97. The highest BCUT2D eigenvalue weighted by atomic mass is 16.6. The number of esters is 3. The van der Waals surface area contributed by atoms with Crippen molar-refractivity contribution in [1.29, 1.82) is 0 Å². The highest BCUT2D eigenvalue weighted by Gasteiger charge is 2.34. The molecule has 0 saturated carbocycles. The van der Waals surface area contributed by atoms with Crippen molar-refractivity contribution in [1.82, 2.24) is 0 Å². The summed E-state index contributed by atoms with van der Waals surface area (Å²) in [5.74, 6) is -1.57. The Hall–Kier alpha value is -2.57. The van der Waals surface area contributed by atoms with Crippen LogP contribution in [0.2, 0.25) is 0 Å². The van der Waals surface area contributed by atoms with Crippen molar-refractivity contribution in [2.45, 2.75) is 72.9 Å². The first-order valence-electron chi connectivity index (χ1n) is 13.2. The summed E-state index contributed by atoms with van der Waals surface area (Å²) in [5.41, 5.74) is -0.0595. The van der Waals surface area contributed by atoms with Crippen molar-refractivity contribution in [2.24, 2.45) is 5.41 Å². The predicted octanol–water partition coefficient (Wildman–Crippen LogP) is 2.94. The van der Waals surface area contributed by atoms with Gasteiger partial charge in [-0.2, -0.15) is 0 Å². The normalized spacial score (nSPS) is 15.6. The molecule has 11 nitrogen and oxygen atoms in total. The fourth-order valence-electron chi connectivity index (χ4n) is 2.97. The van der Waals surface area contributed by atoms with Gasteiger partial charge in [0, 0.05) is 16.7 Å². The first-order chi connectivity index (χ1) is 18.6. The summed E-state index contributed by atoms with van der Waals surface area (Å²) >= 11 is 0. The molecular weight excluding hydrogens is 524 g/mol. The molecular formula is C29H48O11. The molecule has 0 rings (SSSR count). The predicted molar refractivity (Wildman–Crippen MR) is 148 cm³/mol. The van der Waals surface area contributed by atoms with Crippen molar-refractivity contribution < 1.29 is 52.6 Å². The molecule has 4 unspecified atom stereocenters. The van der Waals surface area contributed by atoms with Gasteiger partial charge in [0.05, 0.1) is 64.4 Å². The monoisotopic (exact) mass is 572 g/mol. The van der Waals surface area contributed by atoms with E-state index in [1.165, 1.54) is 0 Å². The Morgan fingerprint density at radius 1 is 0.575 bits per heavy atom. The lowest BCUT2D eigenvalue weighted by atomic mass is 9.92. The minimum atomic E-state index is -0.886. The van der Waals surface area contributed by atoms with Crippen LogP contribution in [-0.2, 0) is 47.5 Å². The van der Waals surface area contributed by atoms with Crippen LogP contribution in [0, 0.1) is 5.41 Å². The van der Waals surface area contributed by atoms with E-state index in [4.69, 9.17) is 33.2 Å². The summed E-state index contributed by atoms with van der Waals surface area (Å²) in [6.07, 6.45) is -2.36. The van der Waals surface area contributed by atoms with Crippen LogP contribution in [0.15, 0.2) is 36.5 Å². The molecule has 0 saturated heterocycles. The van der Waals surface area contributed by atoms with E-state index in [-0.39, 0.29) is 69.6 Å². The zero-order valence-corrected chi connectivity index (χ0v) is 25.1. The number of hydrogen-bond acceptors (Lipinski definition) is 11. The molecule has 0 aromatic carbocycles. The Morgan fingerprint density at radius 3 is 1.05 bits per heavy atom. The Kier molecular flexibility index (Phi) is 18.2. The largest absolute Gasteiger partial charge is 0.457 e. The van der Waals surface area contributed by atoms with Gasteiger partial charge < -0.3 is 38.3 Å². The molecule has 230 valence electrons. The second-order valence-electron chi connectivity index (χ2n) is 10.4. The second kappa shape index (κ2) is 19.5. The molecule has 11 heteroatoms. The summed E-state index contributed by atoms with van der Waals surface area (Å²) in [4.78, 5) is 35.5. The van der Waals surface area contributed by atoms with Crippen LogP contribution >= 0.6 is 0 Å². The molecule has 0 fully saturated rings. The Balaban J connectivity index is 5.51. The molecule has 0 aliphatic heterocycles. The van der Waals surface area contributed by atoms with Gasteiger partial charge in [0.25, 0.3) is 0 Å².